The first kappa shape index (κ1) is 19.3. The van der Waals surface area contributed by atoms with Crippen LogP contribution < -0.4 is 10.2 Å². The second kappa shape index (κ2) is 7.80. The molecule has 146 valence electrons. The number of benzene rings is 3. The van der Waals surface area contributed by atoms with E-state index in [9.17, 15) is 0 Å². The van der Waals surface area contributed by atoms with Crippen molar-refractivity contribution in [2.24, 2.45) is 4.99 Å². The Balaban J connectivity index is 1.99. The number of anilines is 1. The van der Waals surface area contributed by atoms with Crippen LogP contribution in [0.3, 0.4) is 0 Å². The fourth-order valence-corrected chi connectivity index (χ4v) is 4.57. The number of nitrogens with one attached hydrogen (secondary N) is 1. The summed E-state index contributed by atoms with van der Waals surface area (Å²) in [6, 6.07) is 27.1. The lowest BCUT2D eigenvalue weighted by Gasteiger charge is -2.31. The quantitative estimate of drug-likeness (QED) is 0.599. The SMILES string of the molecule is CCN=C1NC(c2ccccc2)(c2ccccc2)C(=S)N1c1c(C)cccc1C. The molecule has 3 nitrogen and oxygen atoms in total. The molecule has 4 heteroatoms. The normalized spacial score (nSPS) is 16.9. The number of thiocarbonyl (C=S) groups is 1. The maximum atomic E-state index is 6.21. The Bertz CT molecular complexity index is 998. The van der Waals surface area contributed by atoms with Gasteiger partial charge < -0.3 is 5.32 Å². The summed E-state index contributed by atoms with van der Waals surface area (Å²) in [7, 11) is 0. The van der Waals surface area contributed by atoms with Gasteiger partial charge in [-0.3, -0.25) is 9.89 Å². The molecular weight excluding hydrogens is 374 g/mol. The zero-order valence-corrected chi connectivity index (χ0v) is 17.8. The molecule has 0 amide bonds. The van der Waals surface area contributed by atoms with Gasteiger partial charge in [0.15, 0.2) is 0 Å². The number of hydrogen-bond acceptors (Lipinski definition) is 2. The number of rotatable bonds is 4. The van der Waals surface area contributed by atoms with Gasteiger partial charge in [-0.15, -0.1) is 0 Å². The molecular formula is C25H25N3S. The monoisotopic (exact) mass is 399 g/mol. The second-order valence-electron chi connectivity index (χ2n) is 7.29. The van der Waals surface area contributed by atoms with Crippen LogP contribution in [0.5, 0.6) is 0 Å². The Labute approximate surface area is 178 Å². The zero-order chi connectivity index (χ0) is 20.4. The lowest BCUT2D eigenvalue weighted by molar-refractivity contribution is 0.667. The van der Waals surface area contributed by atoms with Crippen molar-refractivity contribution >= 4 is 28.9 Å². The highest BCUT2D eigenvalue weighted by atomic mass is 32.1. The predicted molar refractivity (Wildman–Crippen MR) is 126 cm³/mol. The van der Waals surface area contributed by atoms with Crippen molar-refractivity contribution in [2.45, 2.75) is 26.3 Å². The standard InChI is InChI=1S/C25H25N3S/c1-4-26-24-27-25(20-14-7-5-8-15-20,21-16-9-6-10-17-21)23(29)28(24)22-18(2)12-11-13-19(22)3/h5-17H,4H2,1-3H3,(H,26,27). The van der Waals surface area contributed by atoms with E-state index in [-0.39, 0.29) is 0 Å². The molecule has 3 aromatic rings. The molecule has 0 unspecified atom stereocenters. The van der Waals surface area contributed by atoms with Gasteiger partial charge >= 0.3 is 0 Å². The molecule has 4 rings (SSSR count). The van der Waals surface area contributed by atoms with Crippen molar-refractivity contribution in [1.29, 1.82) is 0 Å². The van der Waals surface area contributed by atoms with E-state index in [4.69, 9.17) is 17.2 Å². The van der Waals surface area contributed by atoms with E-state index in [1.807, 2.05) is 19.1 Å². The minimum absolute atomic E-state index is 0.652. The van der Waals surface area contributed by atoms with Gasteiger partial charge in [0.2, 0.25) is 5.96 Å². The van der Waals surface area contributed by atoms with Crippen LogP contribution in [0.15, 0.2) is 83.9 Å². The fraction of sp³-hybridized carbons (Fsp3) is 0.200. The van der Waals surface area contributed by atoms with Gasteiger partial charge in [-0.2, -0.15) is 0 Å². The van der Waals surface area contributed by atoms with Gasteiger partial charge in [0.25, 0.3) is 0 Å². The summed E-state index contributed by atoms with van der Waals surface area (Å²) in [6.45, 7) is 6.97. The van der Waals surface area contributed by atoms with Crippen LogP contribution in [0.25, 0.3) is 0 Å². The van der Waals surface area contributed by atoms with Crippen LogP contribution in [0.2, 0.25) is 0 Å². The predicted octanol–water partition coefficient (Wildman–Crippen LogP) is 5.36. The van der Waals surface area contributed by atoms with Crippen molar-refractivity contribution in [1.82, 2.24) is 5.32 Å². The lowest BCUT2D eigenvalue weighted by Crippen LogP contribution is -2.44. The molecule has 1 aliphatic rings. The Hall–Kier alpha value is -2.98. The van der Waals surface area contributed by atoms with E-state index < -0.39 is 5.54 Å². The summed E-state index contributed by atoms with van der Waals surface area (Å²) in [5.41, 5.74) is 5.01. The van der Waals surface area contributed by atoms with Crippen molar-refractivity contribution in [3.8, 4) is 0 Å². The molecule has 1 fully saturated rings. The number of guanidine groups is 1. The van der Waals surface area contributed by atoms with Gasteiger partial charge in [-0.05, 0) is 43.0 Å². The summed E-state index contributed by atoms with van der Waals surface area (Å²) in [4.78, 5) is 7.72. The average molecular weight is 400 g/mol. The third-order valence-electron chi connectivity index (χ3n) is 5.42. The van der Waals surface area contributed by atoms with Crippen molar-refractivity contribution in [3.63, 3.8) is 0 Å². The van der Waals surface area contributed by atoms with Gasteiger partial charge in [0.05, 0.1) is 5.69 Å². The molecule has 0 radical (unpaired) electrons. The van der Waals surface area contributed by atoms with Gasteiger partial charge in [-0.1, -0.05) is 91.1 Å². The molecule has 1 aliphatic heterocycles. The Morgan fingerprint density at radius 3 is 1.83 bits per heavy atom. The topological polar surface area (TPSA) is 27.6 Å². The fourth-order valence-electron chi connectivity index (χ4n) is 4.10. The summed E-state index contributed by atoms with van der Waals surface area (Å²) < 4.78 is 0. The molecule has 0 aliphatic carbocycles. The van der Waals surface area contributed by atoms with E-state index in [2.05, 4.69) is 90.8 Å². The highest BCUT2D eigenvalue weighted by molar-refractivity contribution is 7.81. The minimum atomic E-state index is -0.652. The van der Waals surface area contributed by atoms with Crippen molar-refractivity contribution in [3.05, 3.63) is 101 Å². The first-order valence-electron chi connectivity index (χ1n) is 9.94. The minimum Gasteiger partial charge on any atom is -0.336 e. The maximum absolute atomic E-state index is 6.21. The largest absolute Gasteiger partial charge is 0.336 e. The maximum Gasteiger partial charge on any atom is 0.205 e. The Morgan fingerprint density at radius 1 is 0.828 bits per heavy atom. The van der Waals surface area contributed by atoms with Crippen LogP contribution in [-0.2, 0) is 5.54 Å². The molecule has 0 spiro atoms. The summed E-state index contributed by atoms with van der Waals surface area (Å²) in [5.74, 6) is 0.794. The van der Waals surface area contributed by atoms with Crippen molar-refractivity contribution in [2.75, 3.05) is 11.4 Å². The third-order valence-corrected chi connectivity index (χ3v) is 5.91. The molecule has 1 N–H and O–H groups in total. The molecule has 0 bridgehead atoms. The van der Waals surface area contributed by atoms with E-state index in [0.29, 0.717) is 6.54 Å². The second-order valence-corrected chi connectivity index (χ2v) is 7.67. The van der Waals surface area contributed by atoms with E-state index in [1.165, 1.54) is 11.1 Å². The number of nitrogens with zero attached hydrogens (tertiary/aromatic N) is 2. The summed E-state index contributed by atoms with van der Waals surface area (Å²) in [5, 5.41) is 3.73. The Kier molecular flexibility index (Phi) is 5.20. The molecule has 1 saturated heterocycles. The van der Waals surface area contributed by atoms with Crippen LogP contribution in [0.4, 0.5) is 5.69 Å². The molecule has 29 heavy (non-hydrogen) atoms. The van der Waals surface area contributed by atoms with Crippen LogP contribution >= 0.6 is 12.2 Å². The van der Waals surface area contributed by atoms with Gasteiger partial charge in [0.1, 0.15) is 10.5 Å². The summed E-state index contributed by atoms with van der Waals surface area (Å²) >= 11 is 6.21. The lowest BCUT2D eigenvalue weighted by atomic mass is 9.83. The smallest absolute Gasteiger partial charge is 0.205 e. The van der Waals surface area contributed by atoms with Crippen LogP contribution in [0.1, 0.15) is 29.2 Å². The van der Waals surface area contributed by atoms with E-state index in [1.54, 1.807) is 0 Å². The molecule has 1 heterocycles. The summed E-state index contributed by atoms with van der Waals surface area (Å²) in [6.07, 6.45) is 0. The van der Waals surface area contributed by atoms with Gasteiger partial charge in [-0.25, -0.2) is 0 Å². The highest BCUT2D eigenvalue weighted by Crippen LogP contribution is 2.40. The van der Waals surface area contributed by atoms with E-state index >= 15 is 0 Å². The Morgan fingerprint density at radius 2 is 1.34 bits per heavy atom. The van der Waals surface area contributed by atoms with Crippen LogP contribution in [0, 0.1) is 13.8 Å². The molecule has 3 aromatic carbocycles. The highest BCUT2D eigenvalue weighted by Gasteiger charge is 2.50. The number of hydrogen-bond donors (Lipinski definition) is 1. The number of aryl methyl sites for hydroxylation is 2. The van der Waals surface area contributed by atoms with Crippen LogP contribution in [-0.4, -0.2) is 17.5 Å². The first-order chi connectivity index (χ1) is 14.1. The average Bonchev–Trinajstić information content (AvgIpc) is 3.03. The third kappa shape index (κ3) is 3.14. The zero-order valence-electron chi connectivity index (χ0n) is 17.0. The van der Waals surface area contributed by atoms with Crippen molar-refractivity contribution < 1.29 is 0 Å². The van der Waals surface area contributed by atoms with Gasteiger partial charge in [0, 0.05) is 6.54 Å². The molecule has 0 atom stereocenters. The molecule has 0 aromatic heterocycles. The molecule has 0 saturated carbocycles. The first-order valence-corrected chi connectivity index (χ1v) is 10.3. The number of para-hydroxylation sites is 1. The number of aliphatic imine (C=N–C) groups is 1. The van der Waals surface area contributed by atoms with E-state index in [0.717, 1.165) is 27.8 Å².